The second kappa shape index (κ2) is 14.6. The minimum Gasteiger partial charge on any atom is -0.480 e. The Hall–Kier alpha value is -1.45. The standard InChI is InChI=1S/C23H38O7S2/c1-2-3-4-5-6-7-8-9-10-11-12-13-14-19-22(23(24)25)31(26,27)20-17-15-16-18-21(20)32(28,29)30/h15-18,22H,2-14,19H2,1H3,(H,24,25)(H,28,29,30). The van der Waals surface area contributed by atoms with Crippen molar-refractivity contribution in [1.29, 1.82) is 0 Å². The molecule has 0 radical (unpaired) electrons. The van der Waals surface area contributed by atoms with E-state index in [-0.39, 0.29) is 6.42 Å². The molecule has 7 nitrogen and oxygen atoms in total. The SMILES string of the molecule is CCCCCCCCCCCCCCCC(C(=O)O)S(=O)(=O)c1ccccc1S(=O)(=O)O. The summed E-state index contributed by atoms with van der Waals surface area (Å²) in [7, 11) is -9.27. The van der Waals surface area contributed by atoms with Crippen molar-refractivity contribution in [3.05, 3.63) is 24.3 Å². The summed E-state index contributed by atoms with van der Waals surface area (Å²) in [5.74, 6) is -1.52. The van der Waals surface area contributed by atoms with Crippen LogP contribution < -0.4 is 0 Å². The lowest BCUT2D eigenvalue weighted by atomic mass is 10.0. The van der Waals surface area contributed by atoms with E-state index in [2.05, 4.69) is 6.92 Å². The lowest BCUT2D eigenvalue weighted by molar-refractivity contribution is -0.136. The van der Waals surface area contributed by atoms with Crippen LogP contribution in [0.15, 0.2) is 34.1 Å². The van der Waals surface area contributed by atoms with Crippen LogP contribution in [0.3, 0.4) is 0 Å². The van der Waals surface area contributed by atoms with Gasteiger partial charge in [0.15, 0.2) is 15.1 Å². The molecule has 0 aromatic heterocycles. The van der Waals surface area contributed by atoms with Crippen molar-refractivity contribution in [1.82, 2.24) is 0 Å². The van der Waals surface area contributed by atoms with Gasteiger partial charge in [0.25, 0.3) is 10.1 Å². The lowest BCUT2D eigenvalue weighted by Crippen LogP contribution is -2.31. The molecule has 0 heterocycles. The molecule has 0 amide bonds. The summed E-state index contributed by atoms with van der Waals surface area (Å²) < 4.78 is 58.0. The van der Waals surface area contributed by atoms with Gasteiger partial charge in [-0.15, -0.1) is 0 Å². The molecular weight excluding hydrogens is 452 g/mol. The number of unbranched alkanes of at least 4 members (excludes halogenated alkanes) is 12. The lowest BCUT2D eigenvalue weighted by Gasteiger charge is -2.15. The zero-order valence-electron chi connectivity index (χ0n) is 19.0. The van der Waals surface area contributed by atoms with E-state index in [1.807, 2.05) is 0 Å². The highest BCUT2D eigenvalue weighted by atomic mass is 32.2. The van der Waals surface area contributed by atoms with Gasteiger partial charge in [0, 0.05) is 0 Å². The van der Waals surface area contributed by atoms with Crippen LogP contribution >= 0.6 is 0 Å². The first kappa shape index (κ1) is 28.6. The van der Waals surface area contributed by atoms with Crippen molar-refractivity contribution in [3.8, 4) is 0 Å². The van der Waals surface area contributed by atoms with Gasteiger partial charge in [-0.05, 0) is 18.6 Å². The van der Waals surface area contributed by atoms with Gasteiger partial charge in [0.05, 0.1) is 4.90 Å². The maximum atomic E-state index is 12.8. The first-order valence-electron chi connectivity index (χ1n) is 11.7. The molecule has 0 aliphatic heterocycles. The highest BCUT2D eigenvalue weighted by molar-refractivity contribution is 7.94. The summed E-state index contributed by atoms with van der Waals surface area (Å²) in [6.07, 6.45) is 14.3. The maximum Gasteiger partial charge on any atom is 0.322 e. The monoisotopic (exact) mass is 490 g/mol. The molecule has 9 heteroatoms. The number of benzene rings is 1. The van der Waals surface area contributed by atoms with Gasteiger partial charge in [-0.1, -0.05) is 103 Å². The predicted octanol–water partition coefficient (Wildman–Crippen LogP) is 5.64. The van der Waals surface area contributed by atoms with Gasteiger partial charge in [-0.3, -0.25) is 9.35 Å². The zero-order valence-corrected chi connectivity index (χ0v) is 20.7. The molecule has 1 aromatic rings. The Morgan fingerprint density at radius 3 is 1.56 bits per heavy atom. The molecule has 1 aromatic carbocycles. The Morgan fingerprint density at radius 1 is 0.750 bits per heavy atom. The molecule has 0 aliphatic rings. The van der Waals surface area contributed by atoms with E-state index in [1.165, 1.54) is 63.5 Å². The molecule has 0 bridgehead atoms. The smallest absolute Gasteiger partial charge is 0.322 e. The Bertz CT molecular complexity index is 893. The van der Waals surface area contributed by atoms with Crippen LogP contribution in [0.4, 0.5) is 0 Å². The average molecular weight is 491 g/mol. The number of aliphatic carboxylic acids is 1. The number of hydrogen-bond acceptors (Lipinski definition) is 5. The van der Waals surface area contributed by atoms with Gasteiger partial charge in [0.1, 0.15) is 4.90 Å². The normalized spacial score (nSPS) is 13.2. The molecule has 1 unspecified atom stereocenters. The van der Waals surface area contributed by atoms with E-state index < -0.39 is 41.0 Å². The predicted molar refractivity (Wildman–Crippen MR) is 125 cm³/mol. The second-order valence-corrected chi connectivity index (χ2v) is 11.8. The van der Waals surface area contributed by atoms with E-state index in [0.717, 1.165) is 37.8 Å². The molecule has 184 valence electrons. The third-order valence-electron chi connectivity index (χ3n) is 5.65. The van der Waals surface area contributed by atoms with Crippen molar-refractivity contribution >= 4 is 25.9 Å². The zero-order chi connectivity index (χ0) is 24.0. The molecule has 0 fully saturated rings. The maximum absolute atomic E-state index is 12.8. The van der Waals surface area contributed by atoms with Crippen LogP contribution in [0.2, 0.25) is 0 Å². The van der Waals surface area contributed by atoms with Gasteiger partial charge in [-0.25, -0.2) is 8.42 Å². The van der Waals surface area contributed by atoms with E-state index in [0.29, 0.717) is 6.42 Å². The molecule has 1 atom stereocenters. The molecular formula is C23H38O7S2. The van der Waals surface area contributed by atoms with Crippen LogP contribution in [0, 0.1) is 0 Å². The molecule has 0 aliphatic carbocycles. The topological polar surface area (TPSA) is 126 Å². The summed E-state index contributed by atoms with van der Waals surface area (Å²) in [5, 5.41) is 7.71. The van der Waals surface area contributed by atoms with Crippen molar-refractivity contribution in [2.24, 2.45) is 0 Å². The number of carbonyl (C=O) groups is 1. The quantitative estimate of drug-likeness (QED) is 0.201. The van der Waals surface area contributed by atoms with Crippen LogP contribution in [0.5, 0.6) is 0 Å². The van der Waals surface area contributed by atoms with E-state index in [1.54, 1.807) is 0 Å². The number of sulfone groups is 1. The number of carboxylic acids is 1. The van der Waals surface area contributed by atoms with Gasteiger partial charge < -0.3 is 5.11 Å². The first-order valence-corrected chi connectivity index (χ1v) is 14.6. The van der Waals surface area contributed by atoms with E-state index in [9.17, 15) is 31.3 Å². The van der Waals surface area contributed by atoms with Crippen molar-refractivity contribution in [2.75, 3.05) is 0 Å². The minimum absolute atomic E-state index is 0.102. The Kier molecular flexibility index (Phi) is 13.1. The number of rotatable bonds is 18. The van der Waals surface area contributed by atoms with Crippen molar-refractivity contribution < 1.29 is 31.3 Å². The van der Waals surface area contributed by atoms with Crippen LogP contribution in [0.1, 0.15) is 96.8 Å². The summed E-state index contributed by atoms with van der Waals surface area (Å²) in [4.78, 5) is 10.2. The van der Waals surface area contributed by atoms with Gasteiger partial charge >= 0.3 is 5.97 Å². The molecule has 0 saturated heterocycles. The van der Waals surface area contributed by atoms with E-state index >= 15 is 0 Å². The molecule has 1 rings (SSSR count). The fraction of sp³-hybridized carbons (Fsp3) is 0.696. The Labute approximate surface area is 193 Å². The van der Waals surface area contributed by atoms with Gasteiger partial charge in [-0.2, -0.15) is 8.42 Å². The third kappa shape index (κ3) is 10.0. The highest BCUT2D eigenvalue weighted by Gasteiger charge is 2.36. The first-order chi connectivity index (χ1) is 15.1. The molecule has 0 spiro atoms. The van der Waals surface area contributed by atoms with Crippen LogP contribution in [-0.4, -0.2) is 37.7 Å². The summed E-state index contributed by atoms with van der Waals surface area (Å²) >= 11 is 0. The highest BCUT2D eigenvalue weighted by Crippen LogP contribution is 2.27. The summed E-state index contributed by atoms with van der Waals surface area (Å²) in [6.45, 7) is 2.21. The minimum atomic E-state index is -4.80. The summed E-state index contributed by atoms with van der Waals surface area (Å²) in [6, 6.07) is 4.53. The third-order valence-corrected chi connectivity index (χ3v) is 8.85. The number of hydrogen-bond donors (Lipinski definition) is 2. The Morgan fingerprint density at radius 2 is 1.16 bits per heavy atom. The molecule has 2 N–H and O–H groups in total. The van der Waals surface area contributed by atoms with Crippen LogP contribution in [-0.2, 0) is 24.7 Å². The largest absolute Gasteiger partial charge is 0.480 e. The Balaban J connectivity index is 2.44. The number of carboxylic acid groups (broad SMARTS) is 1. The second-order valence-electron chi connectivity index (χ2n) is 8.33. The average Bonchev–Trinajstić information content (AvgIpc) is 2.73. The summed E-state index contributed by atoms with van der Waals surface area (Å²) in [5.41, 5.74) is 0. The fourth-order valence-corrected chi connectivity index (χ4v) is 6.71. The van der Waals surface area contributed by atoms with Crippen molar-refractivity contribution in [3.63, 3.8) is 0 Å². The van der Waals surface area contributed by atoms with Crippen molar-refractivity contribution in [2.45, 2.75) is 112 Å². The fourth-order valence-electron chi connectivity index (χ4n) is 3.81. The molecule has 0 saturated carbocycles. The van der Waals surface area contributed by atoms with Gasteiger partial charge in [0.2, 0.25) is 0 Å². The molecule has 32 heavy (non-hydrogen) atoms. The van der Waals surface area contributed by atoms with E-state index in [4.69, 9.17) is 0 Å². The van der Waals surface area contributed by atoms with Crippen LogP contribution in [0.25, 0.3) is 0 Å².